The lowest BCUT2D eigenvalue weighted by atomic mass is 9.89. The van der Waals surface area contributed by atoms with Gasteiger partial charge in [0.15, 0.2) is 0 Å². The van der Waals surface area contributed by atoms with E-state index in [1.54, 1.807) is 13.0 Å². The molecule has 8 nitrogen and oxygen atoms in total. The molecule has 1 saturated heterocycles. The van der Waals surface area contributed by atoms with Gasteiger partial charge < -0.3 is 19.5 Å². The van der Waals surface area contributed by atoms with Crippen LogP contribution in [-0.2, 0) is 16.0 Å². The molecule has 2 aromatic rings. The van der Waals surface area contributed by atoms with Crippen LogP contribution in [0.5, 0.6) is 5.75 Å². The molecule has 1 aliphatic carbocycles. The minimum atomic E-state index is -4.82. The van der Waals surface area contributed by atoms with Crippen molar-refractivity contribution in [3.05, 3.63) is 59.2 Å². The molecule has 2 N–H and O–H groups in total. The van der Waals surface area contributed by atoms with Crippen molar-refractivity contribution in [3.63, 3.8) is 0 Å². The SMILES string of the molecule is CC(=O)N(c1ccc(CCS(C)(O)N2CCC3(CC2)N=C(c2cccc(OC(F)(F)F)c2)NC3=O)c(C)c1)C1CCCC1. The Morgan fingerprint density at radius 2 is 1.88 bits per heavy atom. The number of carbonyl (C=O) groups is 2. The topological polar surface area (TPSA) is 94.5 Å². The van der Waals surface area contributed by atoms with Gasteiger partial charge in [0.25, 0.3) is 5.91 Å². The lowest BCUT2D eigenvalue weighted by molar-refractivity contribution is -0.274. The molecule has 1 unspecified atom stereocenters. The van der Waals surface area contributed by atoms with E-state index >= 15 is 0 Å². The van der Waals surface area contributed by atoms with Gasteiger partial charge in [-0.3, -0.25) is 14.6 Å². The van der Waals surface area contributed by atoms with Gasteiger partial charge in [-0.05, 0) is 80.7 Å². The zero-order valence-corrected chi connectivity index (χ0v) is 25.6. The highest BCUT2D eigenvalue weighted by molar-refractivity contribution is 8.26. The molecular weight excluding hydrogens is 581 g/mol. The van der Waals surface area contributed by atoms with Crippen LogP contribution in [0, 0.1) is 6.92 Å². The number of carbonyl (C=O) groups excluding carboxylic acids is 2. The van der Waals surface area contributed by atoms with Crippen LogP contribution >= 0.6 is 10.5 Å². The largest absolute Gasteiger partial charge is 0.573 e. The van der Waals surface area contributed by atoms with Gasteiger partial charge in [0.1, 0.15) is 17.1 Å². The molecule has 5 rings (SSSR count). The minimum absolute atomic E-state index is 0.0608. The highest BCUT2D eigenvalue weighted by Crippen LogP contribution is 2.48. The van der Waals surface area contributed by atoms with Gasteiger partial charge in [-0.15, -0.1) is 13.2 Å². The Morgan fingerprint density at radius 1 is 1.19 bits per heavy atom. The quantitative estimate of drug-likeness (QED) is 0.380. The maximum Gasteiger partial charge on any atom is 0.573 e. The predicted octanol–water partition coefficient (Wildman–Crippen LogP) is 5.97. The number of aliphatic imine (C=N–C) groups is 1. The first-order valence-corrected chi connectivity index (χ1v) is 16.8. The molecule has 12 heteroatoms. The summed E-state index contributed by atoms with van der Waals surface area (Å²) in [5.74, 6) is 0.177. The molecule has 3 aliphatic rings. The Labute approximate surface area is 252 Å². The van der Waals surface area contributed by atoms with E-state index in [4.69, 9.17) is 0 Å². The molecule has 1 saturated carbocycles. The molecule has 2 heterocycles. The van der Waals surface area contributed by atoms with E-state index in [9.17, 15) is 27.3 Å². The van der Waals surface area contributed by atoms with Gasteiger partial charge in [0, 0.05) is 43.1 Å². The highest BCUT2D eigenvalue weighted by Gasteiger charge is 2.47. The van der Waals surface area contributed by atoms with Crippen molar-refractivity contribution in [1.82, 2.24) is 9.62 Å². The number of rotatable bonds is 8. The van der Waals surface area contributed by atoms with Crippen molar-refractivity contribution in [2.45, 2.75) is 76.7 Å². The zero-order chi connectivity index (χ0) is 31.0. The van der Waals surface area contributed by atoms with Crippen molar-refractivity contribution in [2.24, 2.45) is 4.99 Å². The predicted molar refractivity (Wildman–Crippen MR) is 163 cm³/mol. The van der Waals surface area contributed by atoms with Crippen molar-refractivity contribution in [1.29, 1.82) is 0 Å². The third kappa shape index (κ3) is 7.02. The number of amides is 2. The van der Waals surface area contributed by atoms with Gasteiger partial charge in [0.05, 0.1) is 0 Å². The third-order valence-electron chi connectivity index (χ3n) is 8.82. The van der Waals surface area contributed by atoms with Crippen LogP contribution in [0.15, 0.2) is 47.5 Å². The number of ether oxygens (including phenoxy) is 1. The maximum absolute atomic E-state index is 13.0. The molecular formula is C31H39F3N4O4S. The van der Waals surface area contributed by atoms with Crippen LogP contribution in [-0.4, -0.2) is 69.5 Å². The zero-order valence-electron chi connectivity index (χ0n) is 24.7. The van der Waals surface area contributed by atoms with Gasteiger partial charge in [-0.25, -0.2) is 4.31 Å². The van der Waals surface area contributed by atoms with Crippen LogP contribution in [0.25, 0.3) is 0 Å². The first-order chi connectivity index (χ1) is 20.3. The summed E-state index contributed by atoms with van der Waals surface area (Å²) in [5.41, 5.74) is 2.46. The van der Waals surface area contributed by atoms with E-state index in [1.165, 1.54) is 18.2 Å². The van der Waals surface area contributed by atoms with Gasteiger partial charge in [-0.1, -0.05) is 41.5 Å². The van der Waals surface area contributed by atoms with Gasteiger partial charge in [0.2, 0.25) is 5.91 Å². The molecule has 2 amide bonds. The minimum Gasteiger partial charge on any atom is -0.406 e. The number of alkyl halides is 3. The fraction of sp³-hybridized carbons (Fsp3) is 0.516. The average molecular weight is 621 g/mol. The summed E-state index contributed by atoms with van der Waals surface area (Å²) in [6.07, 6.45) is 2.85. The van der Waals surface area contributed by atoms with E-state index in [2.05, 4.69) is 27.2 Å². The standard InChI is InChI=1S/C31H39F3N4O4S/c1-21-19-26(38(22(2)39)25-8-4-5-9-25)12-11-23(21)13-18-43(3,41)37-16-14-30(15-17-37)29(40)35-28(36-30)24-7-6-10-27(20-24)42-31(32,33)34/h6-7,10-12,19-20,25,41H,4-5,8-9,13-18H2,1-3H3,(H,35,36,40). The lowest BCUT2D eigenvalue weighted by Gasteiger charge is -2.46. The molecule has 1 atom stereocenters. The number of aryl methyl sites for hydroxylation is 2. The molecule has 2 aliphatic heterocycles. The Bertz CT molecular complexity index is 1400. The monoisotopic (exact) mass is 620 g/mol. The first kappa shape index (κ1) is 31.3. The average Bonchev–Trinajstić information content (AvgIpc) is 3.56. The summed E-state index contributed by atoms with van der Waals surface area (Å²) < 4.78 is 55.6. The van der Waals surface area contributed by atoms with E-state index < -0.39 is 22.4 Å². The summed E-state index contributed by atoms with van der Waals surface area (Å²) in [4.78, 5) is 32.0. The van der Waals surface area contributed by atoms with E-state index in [-0.39, 0.29) is 29.4 Å². The van der Waals surface area contributed by atoms with Crippen LogP contribution in [0.3, 0.4) is 0 Å². The normalized spacial score (nSPS) is 21.3. The van der Waals surface area contributed by atoms with E-state index in [1.807, 2.05) is 28.5 Å². The van der Waals surface area contributed by atoms with Crippen LogP contribution in [0.4, 0.5) is 18.9 Å². The second-order valence-corrected chi connectivity index (χ2v) is 14.7. The maximum atomic E-state index is 13.0. The second kappa shape index (κ2) is 12.1. The molecule has 234 valence electrons. The van der Waals surface area contributed by atoms with Crippen molar-refractivity contribution in [3.8, 4) is 5.75 Å². The number of nitrogens with zero attached hydrogens (tertiary/aromatic N) is 3. The third-order valence-corrected chi connectivity index (χ3v) is 11.3. The highest BCUT2D eigenvalue weighted by atomic mass is 32.3. The Kier molecular flexibility index (Phi) is 8.84. The molecule has 0 bridgehead atoms. The Morgan fingerprint density at radius 3 is 2.51 bits per heavy atom. The number of hydrogen-bond acceptors (Lipinski definition) is 6. The molecule has 2 aromatic carbocycles. The Hall–Kier alpha value is -3.09. The summed E-state index contributed by atoms with van der Waals surface area (Å²) in [5, 5.41) is 2.74. The molecule has 0 aromatic heterocycles. The number of piperidine rings is 1. The van der Waals surface area contributed by atoms with Crippen LogP contribution in [0.2, 0.25) is 0 Å². The number of halogens is 3. The molecule has 43 heavy (non-hydrogen) atoms. The summed E-state index contributed by atoms with van der Waals surface area (Å²) >= 11 is 0. The number of nitrogens with one attached hydrogen (secondary N) is 1. The second-order valence-electron chi connectivity index (χ2n) is 11.8. The molecule has 2 fully saturated rings. The van der Waals surface area contributed by atoms with Gasteiger partial charge in [-0.2, -0.15) is 0 Å². The fourth-order valence-electron chi connectivity index (χ4n) is 6.44. The molecule has 0 radical (unpaired) electrons. The summed E-state index contributed by atoms with van der Waals surface area (Å²) in [6, 6.07) is 11.8. The number of hydrogen-bond donors (Lipinski definition) is 2. The lowest BCUT2D eigenvalue weighted by Crippen LogP contribution is -2.49. The van der Waals surface area contributed by atoms with Crippen molar-refractivity contribution in [2.75, 3.05) is 30.0 Å². The number of anilines is 1. The summed E-state index contributed by atoms with van der Waals surface area (Å²) in [7, 11) is -2.14. The first-order valence-electron chi connectivity index (χ1n) is 14.7. The van der Waals surface area contributed by atoms with Crippen molar-refractivity contribution < 1.29 is 32.0 Å². The number of amidine groups is 1. The van der Waals surface area contributed by atoms with E-state index in [0.717, 1.165) is 42.5 Å². The summed E-state index contributed by atoms with van der Waals surface area (Å²) in [6.45, 7) is 4.60. The van der Waals surface area contributed by atoms with E-state index in [0.29, 0.717) is 43.7 Å². The smallest absolute Gasteiger partial charge is 0.406 e. The number of benzene rings is 2. The Balaban J connectivity index is 1.21. The fourth-order valence-corrected chi connectivity index (χ4v) is 8.27. The van der Waals surface area contributed by atoms with Crippen molar-refractivity contribution >= 4 is 33.8 Å². The van der Waals surface area contributed by atoms with Crippen LogP contribution in [0.1, 0.15) is 62.1 Å². The van der Waals surface area contributed by atoms with Crippen LogP contribution < -0.4 is 15.0 Å². The van der Waals surface area contributed by atoms with Gasteiger partial charge >= 0.3 is 6.36 Å². The molecule has 1 spiro atoms.